The molecular weight excluding hydrogens is 391 g/mol. The molecule has 0 aromatic heterocycles. The average molecular weight is 413 g/mol. The molecule has 5 nitrogen and oxygen atoms in total. The number of sulfonamides is 1. The monoisotopic (exact) mass is 412 g/mol. The van der Waals surface area contributed by atoms with E-state index in [2.05, 4.69) is 5.32 Å². The largest absolute Gasteiger partial charge is 0.348 e. The Kier molecular flexibility index (Phi) is 6.97. The van der Waals surface area contributed by atoms with Crippen LogP contribution in [0.2, 0.25) is 5.02 Å². The van der Waals surface area contributed by atoms with E-state index in [-0.39, 0.29) is 29.2 Å². The fourth-order valence-corrected chi connectivity index (χ4v) is 3.85. The SMILES string of the molecule is CC(C)C(NC(=O)CN(C)S(=O)(=O)c1ccc(Cl)cc1)c1ccc(F)cc1. The number of carbonyl (C=O) groups is 1. The Bertz CT molecular complexity index is 884. The standard InChI is InChI=1S/C19H22ClFN2O3S/c1-13(2)19(14-4-8-16(21)9-5-14)22-18(24)12-23(3)27(25,26)17-10-6-15(20)7-11-17/h4-11,13,19H,12H2,1-3H3,(H,22,24). The van der Waals surface area contributed by atoms with Crippen molar-refractivity contribution in [1.82, 2.24) is 9.62 Å². The summed E-state index contributed by atoms with van der Waals surface area (Å²) in [5.74, 6) is -0.767. The molecule has 0 aliphatic heterocycles. The first-order chi connectivity index (χ1) is 12.6. The van der Waals surface area contributed by atoms with Crippen molar-refractivity contribution in [2.75, 3.05) is 13.6 Å². The van der Waals surface area contributed by atoms with E-state index in [0.717, 1.165) is 9.87 Å². The Morgan fingerprint density at radius 1 is 1.11 bits per heavy atom. The molecule has 2 aromatic rings. The molecule has 27 heavy (non-hydrogen) atoms. The van der Waals surface area contributed by atoms with Crippen LogP contribution in [0.3, 0.4) is 0 Å². The van der Waals surface area contributed by atoms with Crippen LogP contribution in [0.5, 0.6) is 0 Å². The molecule has 0 aliphatic carbocycles. The van der Waals surface area contributed by atoms with Crippen LogP contribution >= 0.6 is 11.6 Å². The first-order valence-electron chi connectivity index (χ1n) is 8.38. The summed E-state index contributed by atoms with van der Waals surface area (Å²) in [5, 5.41) is 3.25. The lowest BCUT2D eigenvalue weighted by Crippen LogP contribution is -2.41. The number of benzene rings is 2. The van der Waals surface area contributed by atoms with Crippen molar-refractivity contribution >= 4 is 27.5 Å². The highest BCUT2D eigenvalue weighted by Crippen LogP contribution is 2.22. The Morgan fingerprint density at radius 3 is 2.19 bits per heavy atom. The van der Waals surface area contributed by atoms with Crippen molar-refractivity contribution in [2.45, 2.75) is 24.8 Å². The summed E-state index contributed by atoms with van der Waals surface area (Å²) in [4.78, 5) is 12.5. The molecule has 146 valence electrons. The van der Waals surface area contributed by atoms with Gasteiger partial charge in [0.2, 0.25) is 15.9 Å². The summed E-state index contributed by atoms with van der Waals surface area (Å²) in [6, 6.07) is 11.2. The highest BCUT2D eigenvalue weighted by atomic mass is 35.5. The van der Waals surface area contributed by atoms with Crippen molar-refractivity contribution in [3.8, 4) is 0 Å². The number of nitrogens with one attached hydrogen (secondary N) is 1. The lowest BCUT2D eigenvalue weighted by Gasteiger charge is -2.24. The highest BCUT2D eigenvalue weighted by Gasteiger charge is 2.25. The quantitative estimate of drug-likeness (QED) is 0.755. The Labute approximate surface area is 164 Å². The van der Waals surface area contributed by atoms with Gasteiger partial charge in [-0.2, -0.15) is 4.31 Å². The molecule has 0 spiro atoms. The van der Waals surface area contributed by atoms with E-state index in [1.807, 2.05) is 13.8 Å². The molecule has 0 radical (unpaired) electrons. The second-order valence-corrected chi connectivity index (χ2v) is 9.04. The number of hydrogen-bond donors (Lipinski definition) is 1. The minimum absolute atomic E-state index is 0.0394. The lowest BCUT2D eigenvalue weighted by molar-refractivity contribution is -0.122. The number of hydrogen-bond acceptors (Lipinski definition) is 3. The summed E-state index contributed by atoms with van der Waals surface area (Å²) in [6.45, 7) is 3.50. The van der Waals surface area contributed by atoms with E-state index in [1.165, 1.54) is 43.4 Å². The first kappa shape index (κ1) is 21.3. The number of rotatable bonds is 7. The maximum Gasteiger partial charge on any atom is 0.243 e. The zero-order valence-electron chi connectivity index (χ0n) is 15.3. The molecule has 1 unspecified atom stereocenters. The molecule has 1 atom stereocenters. The van der Waals surface area contributed by atoms with Gasteiger partial charge in [-0.1, -0.05) is 37.6 Å². The van der Waals surface area contributed by atoms with E-state index in [0.29, 0.717) is 5.02 Å². The number of halogens is 2. The van der Waals surface area contributed by atoms with Crippen LogP contribution in [-0.4, -0.2) is 32.2 Å². The van der Waals surface area contributed by atoms with E-state index in [4.69, 9.17) is 11.6 Å². The van der Waals surface area contributed by atoms with Gasteiger partial charge in [-0.15, -0.1) is 0 Å². The Hall–Kier alpha value is -1.96. The van der Waals surface area contributed by atoms with Gasteiger partial charge in [0.1, 0.15) is 5.82 Å². The Balaban J connectivity index is 2.10. The lowest BCUT2D eigenvalue weighted by atomic mass is 9.96. The first-order valence-corrected chi connectivity index (χ1v) is 10.2. The minimum Gasteiger partial charge on any atom is -0.348 e. The van der Waals surface area contributed by atoms with Gasteiger partial charge in [0.25, 0.3) is 0 Å². The number of carbonyl (C=O) groups excluding carboxylic acids is 1. The number of amides is 1. The predicted octanol–water partition coefficient (Wildman–Crippen LogP) is 3.61. The summed E-state index contributed by atoms with van der Waals surface area (Å²) >= 11 is 5.78. The third-order valence-electron chi connectivity index (χ3n) is 4.10. The van der Waals surface area contributed by atoms with Crippen LogP contribution in [0, 0.1) is 11.7 Å². The molecule has 1 amide bonds. The van der Waals surface area contributed by atoms with E-state index < -0.39 is 15.9 Å². The van der Waals surface area contributed by atoms with Crippen molar-refractivity contribution in [3.05, 3.63) is 64.9 Å². The summed E-state index contributed by atoms with van der Waals surface area (Å²) < 4.78 is 39.2. The molecule has 2 aromatic carbocycles. The molecule has 0 saturated heterocycles. The molecule has 0 heterocycles. The second kappa shape index (κ2) is 8.82. The van der Waals surface area contributed by atoms with Crippen LogP contribution in [-0.2, 0) is 14.8 Å². The maximum absolute atomic E-state index is 13.1. The zero-order valence-corrected chi connectivity index (χ0v) is 16.9. The topological polar surface area (TPSA) is 66.5 Å². The third-order valence-corrected chi connectivity index (χ3v) is 6.17. The maximum atomic E-state index is 13.1. The summed E-state index contributed by atoms with van der Waals surface area (Å²) in [7, 11) is -2.47. The molecule has 0 aliphatic rings. The molecule has 8 heteroatoms. The number of nitrogens with zero attached hydrogens (tertiary/aromatic N) is 1. The van der Waals surface area contributed by atoms with Crippen molar-refractivity contribution in [2.24, 2.45) is 5.92 Å². The van der Waals surface area contributed by atoms with E-state index in [1.54, 1.807) is 12.1 Å². The smallest absolute Gasteiger partial charge is 0.243 e. The average Bonchev–Trinajstić information content (AvgIpc) is 2.60. The van der Waals surface area contributed by atoms with Gasteiger partial charge in [0.15, 0.2) is 0 Å². The fourth-order valence-electron chi connectivity index (χ4n) is 2.60. The van der Waals surface area contributed by atoms with Crippen LogP contribution in [0.4, 0.5) is 4.39 Å². The van der Waals surface area contributed by atoms with Gasteiger partial charge >= 0.3 is 0 Å². The van der Waals surface area contributed by atoms with Crippen LogP contribution in [0.25, 0.3) is 0 Å². The molecular formula is C19H22ClFN2O3S. The zero-order chi connectivity index (χ0) is 20.2. The minimum atomic E-state index is -3.81. The van der Waals surface area contributed by atoms with Crippen LogP contribution in [0.15, 0.2) is 53.4 Å². The van der Waals surface area contributed by atoms with Gasteiger partial charge in [0.05, 0.1) is 17.5 Å². The van der Waals surface area contributed by atoms with E-state index >= 15 is 0 Å². The van der Waals surface area contributed by atoms with Crippen LogP contribution < -0.4 is 5.32 Å². The van der Waals surface area contributed by atoms with Gasteiger partial charge < -0.3 is 5.32 Å². The Morgan fingerprint density at radius 2 is 1.67 bits per heavy atom. The summed E-state index contributed by atoms with van der Waals surface area (Å²) in [5.41, 5.74) is 0.753. The molecule has 2 rings (SSSR count). The molecule has 0 saturated carbocycles. The van der Waals surface area contributed by atoms with Crippen molar-refractivity contribution in [1.29, 1.82) is 0 Å². The van der Waals surface area contributed by atoms with E-state index in [9.17, 15) is 17.6 Å². The van der Waals surface area contributed by atoms with Crippen LogP contribution in [0.1, 0.15) is 25.5 Å². The second-order valence-electron chi connectivity index (χ2n) is 6.56. The normalized spacial score (nSPS) is 13.0. The van der Waals surface area contributed by atoms with Gasteiger partial charge in [0, 0.05) is 12.1 Å². The molecule has 0 fully saturated rings. The third kappa shape index (κ3) is 5.51. The fraction of sp³-hybridized carbons (Fsp3) is 0.316. The number of likely N-dealkylation sites (N-methyl/N-ethyl adjacent to an activating group) is 1. The molecule has 0 bridgehead atoms. The molecule has 1 N–H and O–H groups in total. The highest BCUT2D eigenvalue weighted by molar-refractivity contribution is 7.89. The van der Waals surface area contributed by atoms with Crippen molar-refractivity contribution in [3.63, 3.8) is 0 Å². The predicted molar refractivity (Wildman–Crippen MR) is 103 cm³/mol. The summed E-state index contributed by atoms with van der Waals surface area (Å²) in [6.07, 6.45) is 0. The van der Waals surface area contributed by atoms with Crippen molar-refractivity contribution < 1.29 is 17.6 Å². The van der Waals surface area contributed by atoms with Gasteiger partial charge in [-0.3, -0.25) is 4.79 Å². The van der Waals surface area contributed by atoms with Gasteiger partial charge in [-0.05, 0) is 47.9 Å². The van der Waals surface area contributed by atoms with Gasteiger partial charge in [-0.25, -0.2) is 12.8 Å².